The summed E-state index contributed by atoms with van der Waals surface area (Å²) in [6, 6.07) is 10.2. The van der Waals surface area contributed by atoms with Gasteiger partial charge in [0.15, 0.2) is 0 Å². The molecule has 19 heavy (non-hydrogen) atoms. The van der Waals surface area contributed by atoms with Crippen LogP contribution < -0.4 is 5.73 Å². The molecule has 0 amide bonds. The van der Waals surface area contributed by atoms with Crippen LogP contribution in [-0.2, 0) is 0 Å². The maximum atomic E-state index is 6.43. The minimum absolute atomic E-state index is 0.0142. The van der Waals surface area contributed by atoms with Crippen LogP contribution in [0.5, 0.6) is 0 Å². The van der Waals surface area contributed by atoms with Gasteiger partial charge < -0.3 is 5.73 Å². The van der Waals surface area contributed by atoms with Crippen LogP contribution in [0.3, 0.4) is 0 Å². The van der Waals surface area contributed by atoms with Gasteiger partial charge in [-0.05, 0) is 30.8 Å². The molecule has 0 saturated carbocycles. The Labute approximate surface area is 124 Å². The van der Waals surface area contributed by atoms with E-state index in [-0.39, 0.29) is 11.3 Å². The monoisotopic (exact) mass is 297 g/mol. The fourth-order valence-corrected chi connectivity index (χ4v) is 3.49. The average Bonchev–Trinajstić information content (AvgIpc) is 2.37. The zero-order valence-corrected chi connectivity index (χ0v) is 13.6. The summed E-state index contributed by atoms with van der Waals surface area (Å²) >= 11 is 5.68. The minimum atomic E-state index is -0.831. The summed E-state index contributed by atoms with van der Waals surface area (Å²) in [6.07, 6.45) is 8.63. The molecule has 0 unspecified atom stereocenters. The van der Waals surface area contributed by atoms with Gasteiger partial charge in [-0.25, -0.2) is 10.0 Å². The summed E-state index contributed by atoms with van der Waals surface area (Å²) in [4.78, 5) is 0. The molecule has 0 heterocycles. The van der Waals surface area contributed by atoms with Crippen molar-refractivity contribution in [2.45, 2.75) is 24.1 Å². The van der Waals surface area contributed by atoms with Crippen LogP contribution in [-0.4, -0.2) is 29.9 Å². The number of hydrogen-bond acceptors (Lipinski definition) is 1. The normalized spacial score (nSPS) is 15.2. The van der Waals surface area contributed by atoms with Crippen LogP contribution in [0.25, 0.3) is 0 Å². The Morgan fingerprint density at radius 2 is 1.84 bits per heavy atom. The highest BCUT2D eigenvalue weighted by Gasteiger charge is 2.25. The number of alkyl halides is 1. The number of rotatable bonds is 5. The summed E-state index contributed by atoms with van der Waals surface area (Å²) < 4.78 is 0. The van der Waals surface area contributed by atoms with Crippen molar-refractivity contribution in [3.63, 3.8) is 0 Å². The first-order valence-corrected chi connectivity index (χ1v) is 9.94. The maximum Gasteiger partial charge on any atom is 0.0691 e. The van der Waals surface area contributed by atoms with Crippen molar-refractivity contribution < 1.29 is 0 Å². The van der Waals surface area contributed by atoms with Gasteiger partial charge in [-0.15, -0.1) is 17.5 Å². The molecule has 0 spiro atoms. The zero-order valence-electron chi connectivity index (χ0n) is 12.0. The molecule has 1 nitrogen and oxygen atoms in total. The molecule has 0 aliphatic carbocycles. The Morgan fingerprint density at radius 1 is 1.21 bits per heavy atom. The second-order valence-electron chi connectivity index (χ2n) is 5.40. The quantitative estimate of drug-likeness (QED) is 0.500. The van der Waals surface area contributed by atoms with Crippen LogP contribution in [0, 0.1) is 11.8 Å². The molecule has 1 rings (SSSR count). The molecule has 3 heteroatoms. The van der Waals surface area contributed by atoms with E-state index in [1.807, 2.05) is 18.2 Å². The van der Waals surface area contributed by atoms with E-state index in [4.69, 9.17) is 17.3 Å². The van der Waals surface area contributed by atoms with Gasteiger partial charge >= 0.3 is 0 Å². The van der Waals surface area contributed by atoms with Gasteiger partial charge in [0.05, 0.1) is 11.3 Å². The molecular weight excluding hydrogens is 274 g/mol. The van der Waals surface area contributed by atoms with Gasteiger partial charge in [0.25, 0.3) is 0 Å². The predicted octanol–water partition coefficient (Wildman–Crippen LogP) is 3.77. The Hall–Kier alpha value is -0.620. The van der Waals surface area contributed by atoms with Crippen LogP contribution in [0.1, 0.15) is 24.4 Å². The van der Waals surface area contributed by atoms with Crippen molar-refractivity contribution in [3.05, 3.63) is 35.9 Å². The SMILES string of the molecule is CS(C)(C)[C@H](C#CCCCCl)[C@H](N)c1ccccc1. The van der Waals surface area contributed by atoms with Crippen molar-refractivity contribution in [1.29, 1.82) is 0 Å². The molecule has 0 saturated heterocycles. The fourth-order valence-electron chi connectivity index (χ4n) is 1.88. The minimum Gasteiger partial charge on any atom is -0.322 e. The number of nitrogens with two attached hydrogens (primary N) is 1. The van der Waals surface area contributed by atoms with E-state index in [0.717, 1.165) is 12.8 Å². The van der Waals surface area contributed by atoms with E-state index >= 15 is 0 Å². The molecule has 0 bridgehead atoms. The highest BCUT2D eigenvalue weighted by molar-refractivity contribution is 8.32. The van der Waals surface area contributed by atoms with Crippen LogP contribution in [0.2, 0.25) is 0 Å². The topological polar surface area (TPSA) is 26.0 Å². The van der Waals surface area contributed by atoms with E-state index in [1.165, 1.54) is 5.56 Å². The van der Waals surface area contributed by atoms with Crippen molar-refractivity contribution in [1.82, 2.24) is 0 Å². The van der Waals surface area contributed by atoms with Crippen molar-refractivity contribution in [3.8, 4) is 11.8 Å². The molecule has 0 radical (unpaired) electrons. The van der Waals surface area contributed by atoms with Gasteiger partial charge in [0.2, 0.25) is 0 Å². The van der Waals surface area contributed by atoms with Gasteiger partial charge in [0, 0.05) is 12.3 Å². The van der Waals surface area contributed by atoms with Gasteiger partial charge in [0.1, 0.15) is 0 Å². The summed E-state index contributed by atoms with van der Waals surface area (Å²) in [5.74, 6) is 7.32. The highest BCUT2D eigenvalue weighted by atomic mass is 35.5. The number of halogens is 1. The van der Waals surface area contributed by atoms with Crippen LogP contribution in [0.15, 0.2) is 30.3 Å². The van der Waals surface area contributed by atoms with E-state index in [1.54, 1.807) is 0 Å². The van der Waals surface area contributed by atoms with E-state index in [2.05, 4.69) is 42.7 Å². The Kier molecular flexibility index (Phi) is 6.79. The molecule has 0 fully saturated rings. The standard InChI is InChI=1S/C16H24ClNS/c1-19(2,3)15(12-8-5-9-13-17)16(18)14-10-6-4-7-11-14/h4,6-7,10-11,15-16H,5,9,13,18H2,1-3H3/t15-,16-/m1/s1. The fraction of sp³-hybridized carbons (Fsp3) is 0.500. The largest absolute Gasteiger partial charge is 0.322 e. The summed E-state index contributed by atoms with van der Waals surface area (Å²) in [6.45, 7) is 0. The summed E-state index contributed by atoms with van der Waals surface area (Å²) in [5.41, 5.74) is 7.60. The van der Waals surface area contributed by atoms with E-state index < -0.39 is 10.0 Å². The first-order valence-electron chi connectivity index (χ1n) is 6.49. The lowest BCUT2D eigenvalue weighted by Crippen LogP contribution is -2.29. The highest BCUT2D eigenvalue weighted by Crippen LogP contribution is 2.45. The Morgan fingerprint density at radius 3 is 2.37 bits per heavy atom. The molecule has 1 aromatic rings. The van der Waals surface area contributed by atoms with Crippen LogP contribution >= 0.6 is 21.6 Å². The first-order chi connectivity index (χ1) is 8.96. The third kappa shape index (κ3) is 5.48. The zero-order chi connectivity index (χ0) is 14.3. The lowest BCUT2D eigenvalue weighted by Gasteiger charge is -2.36. The smallest absolute Gasteiger partial charge is 0.0691 e. The summed E-state index contributed by atoms with van der Waals surface area (Å²) in [5, 5.41) is 0.227. The van der Waals surface area contributed by atoms with E-state index in [9.17, 15) is 0 Å². The summed E-state index contributed by atoms with van der Waals surface area (Å²) in [7, 11) is -0.831. The maximum absolute atomic E-state index is 6.43. The molecule has 0 aliphatic rings. The third-order valence-corrected chi connectivity index (χ3v) is 5.15. The molecule has 0 aliphatic heterocycles. The molecule has 106 valence electrons. The molecule has 2 atom stereocenters. The van der Waals surface area contributed by atoms with E-state index in [0.29, 0.717) is 5.88 Å². The average molecular weight is 298 g/mol. The van der Waals surface area contributed by atoms with Crippen molar-refractivity contribution >= 4 is 21.6 Å². The molecule has 0 aromatic heterocycles. The lowest BCUT2D eigenvalue weighted by molar-refractivity contribution is 0.762. The predicted molar refractivity (Wildman–Crippen MR) is 90.3 cm³/mol. The molecule has 1 aromatic carbocycles. The number of unbranched alkanes of at least 4 members (excludes halogenated alkanes) is 1. The van der Waals surface area contributed by atoms with Gasteiger partial charge in [-0.2, -0.15) is 0 Å². The second kappa shape index (κ2) is 7.85. The first kappa shape index (κ1) is 16.4. The van der Waals surface area contributed by atoms with Crippen LogP contribution in [0.4, 0.5) is 0 Å². The lowest BCUT2D eigenvalue weighted by atomic mass is 10.0. The second-order valence-corrected chi connectivity index (χ2v) is 10.2. The van der Waals surface area contributed by atoms with Gasteiger partial charge in [-0.1, -0.05) is 36.3 Å². The Balaban J connectivity index is 2.88. The van der Waals surface area contributed by atoms with Crippen molar-refractivity contribution in [2.75, 3.05) is 24.6 Å². The third-order valence-electron chi connectivity index (χ3n) is 2.95. The Bertz CT molecular complexity index is 428. The number of benzene rings is 1. The molecular formula is C16H24ClNS. The van der Waals surface area contributed by atoms with Crippen molar-refractivity contribution in [2.24, 2.45) is 5.73 Å². The van der Waals surface area contributed by atoms with Gasteiger partial charge in [-0.3, -0.25) is 0 Å². The molecule has 2 N–H and O–H groups in total. The number of hydrogen-bond donors (Lipinski definition) is 1.